The van der Waals surface area contributed by atoms with Crippen LogP contribution in [0.3, 0.4) is 0 Å². The molecule has 0 aromatic heterocycles. The molecule has 2 aromatic rings. The lowest BCUT2D eigenvalue weighted by Gasteiger charge is -2.28. The third kappa shape index (κ3) is 5.59. The summed E-state index contributed by atoms with van der Waals surface area (Å²) in [6.07, 6.45) is 1.01. The van der Waals surface area contributed by atoms with Gasteiger partial charge in [-0.15, -0.1) is 0 Å². The number of rotatable bonds is 1. The quantitative estimate of drug-likeness (QED) is 0.680. The van der Waals surface area contributed by atoms with Crippen LogP contribution in [0.15, 0.2) is 42.5 Å². The average molecular weight is 328 g/mol. The zero-order valence-corrected chi connectivity index (χ0v) is 16.1. The largest absolute Gasteiger partial charge is 0.508 e. The molecule has 2 N–H and O–H groups in total. The first-order chi connectivity index (χ1) is 11.0. The molecule has 0 heterocycles. The molecule has 2 rings (SSSR count). The Morgan fingerprint density at radius 1 is 0.750 bits per heavy atom. The Morgan fingerprint density at radius 3 is 1.42 bits per heavy atom. The monoisotopic (exact) mass is 328 g/mol. The maximum absolute atomic E-state index is 10.5. The van der Waals surface area contributed by atoms with Crippen LogP contribution in [0, 0.1) is 0 Å². The molecule has 2 nitrogen and oxygen atoms in total. The maximum Gasteiger partial charge on any atom is 0.123 e. The Hall–Kier alpha value is -1.96. The summed E-state index contributed by atoms with van der Waals surface area (Å²) in [5.74, 6) is 0.796. The number of aromatic hydroxyl groups is 2. The third-order valence-corrected chi connectivity index (χ3v) is 3.95. The van der Waals surface area contributed by atoms with Crippen molar-refractivity contribution in [3.63, 3.8) is 0 Å². The van der Waals surface area contributed by atoms with Crippen LogP contribution in [0.25, 0.3) is 0 Å². The molecule has 0 aliphatic heterocycles. The lowest BCUT2D eigenvalue weighted by molar-refractivity contribution is 0.422. The number of benzene rings is 2. The Labute approximate surface area is 147 Å². The molecular formula is C22H32O2. The molecule has 24 heavy (non-hydrogen) atoms. The highest BCUT2D eigenvalue weighted by atomic mass is 16.3. The van der Waals surface area contributed by atoms with Crippen molar-refractivity contribution in [2.75, 3.05) is 0 Å². The number of phenols is 2. The van der Waals surface area contributed by atoms with E-state index in [0.717, 1.165) is 17.5 Å². The smallest absolute Gasteiger partial charge is 0.123 e. The van der Waals surface area contributed by atoms with Crippen molar-refractivity contribution in [2.24, 2.45) is 0 Å². The number of aryl methyl sites for hydroxylation is 1. The highest BCUT2D eigenvalue weighted by molar-refractivity contribution is 5.49. The molecule has 2 aromatic carbocycles. The van der Waals surface area contributed by atoms with Gasteiger partial charge in [0.25, 0.3) is 0 Å². The Kier molecular flexibility index (Phi) is 6.48. The zero-order chi connectivity index (χ0) is 18.5. The lowest BCUT2D eigenvalue weighted by atomic mass is 9.78. The van der Waals surface area contributed by atoms with Crippen LogP contribution in [0.5, 0.6) is 11.5 Å². The van der Waals surface area contributed by atoms with Crippen LogP contribution in [0.4, 0.5) is 0 Å². The first kappa shape index (κ1) is 20.1. The predicted molar refractivity (Wildman–Crippen MR) is 103 cm³/mol. The van der Waals surface area contributed by atoms with Crippen LogP contribution < -0.4 is 0 Å². The van der Waals surface area contributed by atoms with Gasteiger partial charge in [-0.2, -0.15) is 0 Å². The Bertz CT molecular complexity index is 609. The van der Waals surface area contributed by atoms with Gasteiger partial charge in [0.15, 0.2) is 0 Å². The molecule has 0 aliphatic carbocycles. The topological polar surface area (TPSA) is 40.5 Å². The van der Waals surface area contributed by atoms with E-state index in [-0.39, 0.29) is 10.8 Å². The molecule has 0 saturated heterocycles. The van der Waals surface area contributed by atoms with Crippen LogP contribution in [-0.2, 0) is 17.3 Å². The van der Waals surface area contributed by atoms with Crippen LogP contribution in [-0.4, -0.2) is 10.2 Å². The molecule has 0 bridgehead atoms. The summed E-state index contributed by atoms with van der Waals surface area (Å²) in [7, 11) is 0. The van der Waals surface area contributed by atoms with Gasteiger partial charge in [0, 0.05) is 0 Å². The minimum Gasteiger partial charge on any atom is -0.508 e. The average Bonchev–Trinajstić information content (AvgIpc) is 2.46. The number of hydrogen-bond acceptors (Lipinski definition) is 2. The first-order valence-electron chi connectivity index (χ1n) is 8.57. The normalized spacial score (nSPS) is 11.6. The molecule has 0 amide bonds. The minimum atomic E-state index is -0.0186. The second kappa shape index (κ2) is 7.74. The molecule has 0 fully saturated rings. The van der Waals surface area contributed by atoms with Crippen molar-refractivity contribution < 1.29 is 10.2 Å². The fraction of sp³-hybridized carbons (Fsp3) is 0.455. The van der Waals surface area contributed by atoms with E-state index >= 15 is 0 Å². The number of hydrogen-bond donors (Lipinski definition) is 2. The van der Waals surface area contributed by atoms with E-state index in [2.05, 4.69) is 60.6 Å². The second-order valence-electron chi connectivity index (χ2n) is 8.23. The van der Waals surface area contributed by atoms with Crippen molar-refractivity contribution in [3.8, 4) is 11.5 Å². The zero-order valence-electron chi connectivity index (χ0n) is 16.1. The summed E-state index contributed by atoms with van der Waals surface area (Å²) in [4.78, 5) is 0. The highest BCUT2D eigenvalue weighted by Crippen LogP contribution is 2.39. The maximum atomic E-state index is 10.5. The van der Waals surface area contributed by atoms with Gasteiger partial charge in [0.2, 0.25) is 0 Å². The van der Waals surface area contributed by atoms with E-state index in [4.69, 9.17) is 5.11 Å². The van der Waals surface area contributed by atoms with E-state index in [1.807, 2.05) is 6.07 Å². The predicted octanol–water partition coefficient (Wildman–Crippen LogP) is 5.94. The summed E-state index contributed by atoms with van der Waals surface area (Å²) in [6.45, 7) is 15.0. The summed E-state index contributed by atoms with van der Waals surface area (Å²) in [5, 5.41) is 19.1. The molecule has 132 valence electrons. The minimum absolute atomic E-state index is 0.0186. The molecule has 2 heteroatoms. The molecule has 0 spiro atoms. The van der Waals surface area contributed by atoms with Crippen molar-refractivity contribution >= 4 is 0 Å². The Balaban J connectivity index is 0.000000341. The van der Waals surface area contributed by atoms with Crippen molar-refractivity contribution in [1.29, 1.82) is 0 Å². The van der Waals surface area contributed by atoms with Gasteiger partial charge in [0.1, 0.15) is 11.5 Å². The standard InChI is InChI=1S/C16H26O.C6H6O/c1-8-11-9-12(15(2,3)4)14(17)13(10-11)16(5,6)7;7-6-4-2-1-3-5-6/h9-10,17H,8H2,1-7H3;1-5,7H. The van der Waals surface area contributed by atoms with Gasteiger partial charge >= 0.3 is 0 Å². The number of phenolic OH excluding ortho intramolecular Hbond substituents is 2. The summed E-state index contributed by atoms with van der Waals surface area (Å²) >= 11 is 0. The molecular weight excluding hydrogens is 296 g/mol. The fourth-order valence-electron chi connectivity index (χ4n) is 2.47. The summed E-state index contributed by atoms with van der Waals surface area (Å²) in [5.41, 5.74) is 3.38. The molecule has 0 aliphatic rings. The van der Waals surface area contributed by atoms with Gasteiger partial charge in [-0.3, -0.25) is 0 Å². The van der Waals surface area contributed by atoms with E-state index in [0.29, 0.717) is 11.5 Å². The molecule has 0 unspecified atom stereocenters. The van der Waals surface area contributed by atoms with Gasteiger partial charge in [-0.1, -0.05) is 78.8 Å². The van der Waals surface area contributed by atoms with Crippen molar-refractivity contribution in [1.82, 2.24) is 0 Å². The van der Waals surface area contributed by atoms with Gasteiger partial charge in [-0.25, -0.2) is 0 Å². The number of para-hydroxylation sites is 1. The lowest BCUT2D eigenvalue weighted by Crippen LogP contribution is -2.17. The van der Waals surface area contributed by atoms with E-state index < -0.39 is 0 Å². The molecule has 0 saturated carbocycles. The second-order valence-corrected chi connectivity index (χ2v) is 8.23. The van der Waals surface area contributed by atoms with Crippen molar-refractivity contribution in [3.05, 3.63) is 59.2 Å². The van der Waals surface area contributed by atoms with E-state index in [1.165, 1.54) is 5.56 Å². The van der Waals surface area contributed by atoms with Crippen LogP contribution >= 0.6 is 0 Å². The van der Waals surface area contributed by atoms with Gasteiger partial charge in [-0.05, 0) is 46.1 Å². The molecule has 0 radical (unpaired) electrons. The van der Waals surface area contributed by atoms with Crippen LogP contribution in [0.2, 0.25) is 0 Å². The van der Waals surface area contributed by atoms with Gasteiger partial charge in [0.05, 0.1) is 0 Å². The third-order valence-electron chi connectivity index (χ3n) is 3.95. The first-order valence-corrected chi connectivity index (χ1v) is 8.57. The van der Waals surface area contributed by atoms with Crippen molar-refractivity contribution in [2.45, 2.75) is 65.7 Å². The van der Waals surface area contributed by atoms with Gasteiger partial charge < -0.3 is 10.2 Å². The molecule has 0 atom stereocenters. The SMILES string of the molecule is CCc1cc(C(C)(C)C)c(O)c(C(C)(C)C)c1.Oc1ccccc1. The summed E-state index contributed by atoms with van der Waals surface area (Å²) < 4.78 is 0. The van der Waals surface area contributed by atoms with Crippen LogP contribution in [0.1, 0.15) is 65.2 Å². The Morgan fingerprint density at radius 2 is 1.17 bits per heavy atom. The fourth-order valence-corrected chi connectivity index (χ4v) is 2.47. The highest BCUT2D eigenvalue weighted by Gasteiger charge is 2.26. The van der Waals surface area contributed by atoms with E-state index in [9.17, 15) is 5.11 Å². The summed E-state index contributed by atoms with van der Waals surface area (Å²) in [6, 6.07) is 13.0. The van der Waals surface area contributed by atoms with E-state index in [1.54, 1.807) is 24.3 Å².